The van der Waals surface area contributed by atoms with E-state index in [1.165, 1.54) is 0 Å². The number of hydrogen-bond donors (Lipinski definition) is 5. The third-order valence-electron chi connectivity index (χ3n) is 4.61. The van der Waals surface area contributed by atoms with E-state index in [1.54, 1.807) is 18.2 Å². The van der Waals surface area contributed by atoms with Gasteiger partial charge in [0.15, 0.2) is 0 Å². The average molecular weight is 358 g/mol. The number of nitrogens with one attached hydrogen (secondary N) is 3. The highest BCUT2D eigenvalue weighted by atomic mass is 16.2. The van der Waals surface area contributed by atoms with Crippen LogP contribution in [0, 0.1) is 0 Å². The molecular formula is C17H22N6O3. The lowest BCUT2D eigenvalue weighted by Crippen LogP contribution is -2.43. The first-order valence-electron chi connectivity index (χ1n) is 8.36. The molecule has 0 unspecified atom stereocenters. The van der Waals surface area contributed by atoms with Crippen LogP contribution in [0.3, 0.4) is 0 Å². The van der Waals surface area contributed by atoms with Gasteiger partial charge in [0.1, 0.15) is 5.82 Å². The number of fused-ring (bicyclic) bond motifs is 1. The summed E-state index contributed by atoms with van der Waals surface area (Å²) >= 11 is 0. The molecule has 1 aliphatic heterocycles. The summed E-state index contributed by atoms with van der Waals surface area (Å²) in [6.45, 7) is 1.90. The molecule has 0 saturated carbocycles. The monoisotopic (exact) mass is 358 g/mol. The van der Waals surface area contributed by atoms with Crippen molar-refractivity contribution in [2.75, 3.05) is 25.5 Å². The Morgan fingerprint density at radius 2 is 1.88 bits per heavy atom. The topological polar surface area (TPSA) is 146 Å². The van der Waals surface area contributed by atoms with Gasteiger partial charge in [-0.25, -0.2) is 4.79 Å². The molecule has 0 radical (unpaired) electrons. The molecule has 2 heterocycles. The fourth-order valence-electron chi connectivity index (χ4n) is 3.23. The Labute approximate surface area is 150 Å². The van der Waals surface area contributed by atoms with Crippen molar-refractivity contribution < 1.29 is 14.4 Å². The molecule has 0 spiro atoms. The van der Waals surface area contributed by atoms with Crippen molar-refractivity contribution in [3.63, 3.8) is 0 Å². The Balaban J connectivity index is 1.85. The van der Waals surface area contributed by atoms with Gasteiger partial charge in [-0.2, -0.15) is 0 Å². The smallest absolute Gasteiger partial charge is 0.317 e. The minimum absolute atomic E-state index is 0.118. The highest BCUT2D eigenvalue weighted by molar-refractivity contribution is 6.13. The predicted octanol–water partition coefficient (Wildman–Crippen LogP) is 0.581. The summed E-state index contributed by atoms with van der Waals surface area (Å²) in [5.74, 6) is -0.766. The van der Waals surface area contributed by atoms with Crippen LogP contribution in [0.4, 0.5) is 10.6 Å². The molecule has 9 nitrogen and oxygen atoms in total. The zero-order valence-corrected chi connectivity index (χ0v) is 14.5. The first-order valence-corrected chi connectivity index (χ1v) is 8.36. The number of nitrogens with zero attached hydrogens (tertiary/aromatic N) is 1. The number of nitrogens with two attached hydrogens (primary N) is 2. The van der Waals surface area contributed by atoms with Crippen molar-refractivity contribution in [3.8, 4) is 0 Å². The zero-order valence-electron chi connectivity index (χ0n) is 14.5. The van der Waals surface area contributed by atoms with Crippen LogP contribution in [0.2, 0.25) is 0 Å². The lowest BCUT2D eigenvalue weighted by atomic mass is 10.0. The number of carbonyl (C=O) groups excluding carboxylic acids is 3. The van der Waals surface area contributed by atoms with E-state index >= 15 is 0 Å². The van der Waals surface area contributed by atoms with Crippen LogP contribution in [-0.4, -0.2) is 53.9 Å². The fraction of sp³-hybridized carbons (Fsp3) is 0.353. The van der Waals surface area contributed by atoms with E-state index in [9.17, 15) is 14.4 Å². The number of urea groups is 1. The minimum Gasteiger partial charge on any atom is -0.365 e. The number of primary amides is 2. The molecule has 0 bridgehead atoms. The second-order valence-corrected chi connectivity index (χ2v) is 6.54. The first kappa shape index (κ1) is 17.7. The summed E-state index contributed by atoms with van der Waals surface area (Å²) in [6.07, 6.45) is 1.82. The molecule has 9 heteroatoms. The summed E-state index contributed by atoms with van der Waals surface area (Å²) in [4.78, 5) is 40.5. The van der Waals surface area contributed by atoms with Crippen molar-refractivity contribution in [3.05, 3.63) is 29.3 Å². The van der Waals surface area contributed by atoms with Crippen LogP contribution in [-0.2, 0) is 0 Å². The van der Waals surface area contributed by atoms with E-state index < -0.39 is 11.9 Å². The number of carbonyl (C=O) groups is 3. The Bertz CT molecular complexity index is 867. The quantitative estimate of drug-likeness (QED) is 0.544. The summed E-state index contributed by atoms with van der Waals surface area (Å²) < 4.78 is 0. The third kappa shape index (κ3) is 3.62. The second kappa shape index (κ2) is 7.04. The van der Waals surface area contributed by atoms with Gasteiger partial charge in [-0.3, -0.25) is 14.9 Å². The van der Waals surface area contributed by atoms with Gasteiger partial charge in [0.25, 0.3) is 11.8 Å². The highest BCUT2D eigenvalue weighted by Crippen LogP contribution is 2.27. The summed E-state index contributed by atoms with van der Waals surface area (Å²) in [5, 5.41) is 5.89. The van der Waals surface area contributed by atoms with E-state index in [0.29, 0.717) is 16.5 Å². The maximum Gasteiger partial charge on any atom is 0.317 e. The van der Waals surface area contributed by atoms with Crippen LogP contribution >= 0.6 is 0 Å². The lowest BCUT2D eigenvalue weighted by molar-refractivity contribution is 0.0916. The molecular weight excluding hydrogens is 336 g/mol. The number of piperidine rings is 1. The van der Waals surface area contributed by atoms with E-state index in [2.05, 4.69) is 27.6 Å². The van der Waals surface area contributed by atoms with Gasteiger partial charge >= 0.3 is 6.03 Å². The Morgan fingerprint density at radius 1 is 1.19 bits per heavy atom. The first-order chi connectivity index (χ1) is 12.3. The van der Waals surface area contributed by atoms with Gasteiger partial charge in [0.2, 0.25) is 0 Å². The fourth-order valence-corrected chi connectivity index (χ4v) is 3.23. The van der Waals surface area contributed by atoms with E-state index in [4.69, 9.17) is 11.5 Å². The third-order valence-corrected chi connectivity index (χ3v) is 4.61. The molecule has 1 fully saturated rings. The molecule has 0 atom stereocenters. The molecule has 138 valence electrons. The number of rotatable bonds is 4. The number of aromatic nitrogens is 1. The number of hydrogen-bond acceptors (Lipinski definition) is 4. The van der Waals surface area contributed by atoms with Crippen LogP contribution in [0.5, 0.6) is 0 Å². The van der Waals surface area contributed by atoms with Gasteiger partial charge in [0, 0.05) is 22.5 Å². The standard InChI is InChI=1S/C17H22N6O3/c1-23-6-4-10(5-7-23)20-16(25)9-2-3-11-12(8-9)21-15(22-17(19)26)13(11)14(18)24/h2-3,8,10,21H,4-7H2,1H3,(H2,18,24)(H,20,25)(H3,19,22,26). The van der Waals surface area contributed by atoms with Crippen LogP contribution < -0.4 is 22.1 Å². The molecule has 26 heavy (non-hydrogen) atoms. The number of amides is 4. The normalized spacial score (nSPS) is 15.7. The van der Waals surface area contributed by atoms with E-state index in [0.717, 1.165) is 25.9 Å². The van der Waals surface area contributed by atoms with E-state index in [1.807, 2.05) is 0 Å². The van der Waals surface area contributed by atoms with Crippen molar-refractivity contribution in [1.82, 2.24) is 15.2 Å². The number of H-pyrrole nitrogens is 1. The van der Waals surface area contributed by atoms with Crippen molar-refractivity contribution >= 4 is 34.6 Å². The summed E-state index contributed by atoms with van der Waals surface area (Å²) in [7, 11) is 2.06. The van der Waals surface area contributed by atoms with Gasteiger partial charge in [-0.15, -0.1) is 0 Å². The highest BCUT2D eigenvalue weighted by Gasteiger charge is 2.21. The number of anilines is 1. The minimum atomic E-state index is -0.820. The van der Waals surface area contributed by atoms with Crippen molar-refractivity contribution in [2.24, 2.45) is 11.5 Å². The Morgan fingerprint density at radius 3 is 2.50 bits per heavy atom. The molecule has 1 saturated heterocycles. The molecule has 2 aromatic rings. The molecule has 1 aromatic carbocycles. The van der Waals surface area contributed by atoms with Crippen LogP contribution in [0.1, 0.15) is 33.6 Å². The van der Waals surface area contributed by atoms with Crippen LogP contribution in [0.15, 0.2) is 18.2 Å². The maximum atomic E-state index is 12.5. The zero-order chi connectivity index (χ0) is 18.8. The second-order valence-electron chi connectivity index (χ2n) is 6.54. The van der Waals surface area contributed by atoms with Gasteiger partial charge < -0.3 is 26.7 Å². The lowest BCUT2D eigenvalue weighted by Gasteiger charge is -2.29. The molecule has 4 amide bonds. The number of aromatic amines is 1. The number of likely N-dealkylation sites (tertiary alicyclic amines) is 1. The molecule has 7 N–H and O–H groups in total. The van der Waals surface area contributed by atoms with Crippen LogP contribution in [0.25, 0.3) is 10.9 Å². The van der Waals surface area contributed by atoms with E-state index in [-0.39, 0.29) is 23.3 Å². The van der Waals surface area contributed by atoms with Crippen molar-refractivity contribution in [2.45, 2.75) is 18.9 Å². The molecule has 1 aromatic heterocycles. The summed E-state index contributed by atoms with van der Waals surface area (Å²) in [6, 6.07) is 4.20. The molecule has 0 aliphatic carbocycles. The SMILES string of the molecule is CN1CCC(NC(=O)c2ccc3c(C(N)=O)c(NC(N)=O)[nH]c3c2)CC1. The average Bonchev–Trinajstić information content (AvgIpc) is 2.93. The molecule has 1 aliphatic rings. The Hall–Kier alpha value is -3.07. The van der Waals surface area contributed by atoms with Gasteiger partial charge in [0.05, 0.1) is 5.56 Å². The predicted molar refractivity (Wildman–Crippen MR) is 98.0 cm³/mol. The maximum absolute atomic E-state index is 12.5. The Kier molecular flexibility index (Phi) is 4.81. The largest absolute Gasteiger partial charge is 0.365 e. The number of benzene rings is 1. The van der Waals surface area contributed by atoms with Crippen molar-refractivity contribution in [1.29, 1.82) is 0 Å². The van der Waals surface area contributed by atoms with Gasteiger partial charge in [-0.1, -0.05) is 6.07 Å². The summed E-state index contributed by atoms with van der Waals surface area (Å²) in [5.41, 5.74) is 11.6. The van der Waals surface area contributed by atoms with Gasteiger partial charge in [-0.05, 0) is 45.1 Å². The molecule has 3 rings (SSSR count).